The zero-order valence-corrected chi connectivity index (χ0v) is 13.4. The lowest BCUT2D eigenvalue weighted by molar-refractivity contribution is 0.0526. The summed E-state index contributed by atoms with van der Waals surface area (Å²) in [5.74, 6) is -0.593. The molecule has 0 bridgehead atoms. The fourth-order valence-electron chi connectivity index (χ4n) is 2.30. The topological polar surface area (TPSA) is 89.1 Å². The van der Waals surface area contributed by atoms with Gasteiger partial charge in [-0.1, -0.05) is 12.1 Å². The molecule has 0 aliphatic carbocycles. The number of para-hydroxylation sites is 1. The van der Waals surface area contributed by atoms with E-state index in [0.717, 1.165) is 0 Å². The summed E-state index contributed by atoms with van der Waals surface area (Å²) in [6.45, 7) is 2.04. The number of hydrogen-bond acceptors (Lipinski definition) is 6. The molecule has 126 valence electrons. The van der Waals surface area contributed by atoms with Crippen LogP contribution in [0.25, 0.3) is 11.0 Å². The van der Waals surface area contributed by atoms with Crippen LogP contribution in [0.2, 0.25) is 0 Å². The highest BCUT2D eigenvalue weighted by Crippen LogP contribution is 2.25. The largest absolute Gasteiger partial charge is 0.506 e. The molecule has 25 heavy (non-hydrogen) atoms. The van der Waals surface area contributed by atoms with E-state index in [1.807, 2.05) is 0 Å². The first kappa shape index (κ1) is 16.4. The van der Waals surface area contributed by atoms with Gasteiger partial charge in [-0.2, -0.15) is 0 Å². The second-order valence-electron chi connectivity index (χ2n) is 5.17. The van der Waals surface area contributed by atoms with E-state index in [0.29, 0.717) is 28.8 Å². The number of ether oxygens (including phenoxy) is 1. The van der Waals surface area contributed by atoms with E-state index < -0.39 is 11.6 Å². The molecule has 0 saturated heterocycles. The summed E-state index contributed by atoms with van der Waals surface area (Å²) >= 11 is 0. The summed E-state index contributed by atoms with van der Waals surface area (Å²) < 4.78 is 10.1. The molecule has 2 aromatic carbocycles. The van der Waals surface area contributed by atoms with Crippen LogP contribution in [0, 0.1) is 0 Å². The highest BCUT2D eigenvalue weighted by Gasteiger charge is 2.11. The Kier molecular flexibility index (Phi) is 4.61. The fraction of sp³-hybridized carbons (Fsp3) is 0.105. The maximum atomic E-state index is 12.0. The summed E-state index contributed by atoms with van der Waals surface area (Å²) in [5.41, 5.74) is 0.520. The Morgan fingerprint density at radius 3 is 2.64 bits per heavy atom. The van der Waals surface area contributed by atoms with Gasteiger partial charge >= 0.3 is 11.6 Å². The molecule has 0 amide bonds. The lowest BCUT2D eigenvalue weighted by Gasteiger charge is -2.03. The molecular weight excluding hydrogens is 322 g/mol. The van der Waals surface area contributed by atoms with Gasteiger partial charge in [0.25, 0.3) is 0 Å². The van der Waals surface area contributed by atoms with Crippen molar-refractivity contribution in [1.29, 1.82) is 0 Å². The number of rotatable bonds is 4. The van der Waals surface area contributed by atoms with Gasteiger partial charge in [0.2, 0.25) is 0 Å². The van der Waals surface area contributed by atoms with Gasteiger partial charge in [0.05, 0.1) is 23.2 Å². The quantitative estimate of drug-likeness (QED) is 0.447. The van der Waals surface area contributed by atoms with Crippen LogP contribution in [0.4, 0.5) is 5.69 Å². The molecule has 0 saturated carbocycles. The fourth-order valence-corrected chi connectivity index (χ4v) is 2.30. The second kappa shape index (κ2) is 7.00. The Bertz CT molecular complexity index is 1000. The Hall–Kier alpha value is -3.41. The van der Waals surface area contributed by atoms with Crippen LogP contribution in [0.5, 0.6) is 5.75 Å². The van der Waals surface area contributed by atoms with Gasteiger partial charge in [-0.25, -0.2) is 9.59 Å². The van der Waals surface area contributed by atoms with Crippen LogP contribution < -0.4 is 5.63 Å². The molecule has 0 spiro atoms. The van der Waals surface area contributed by atoms with Crippen LogP contribution in [-0.4, -0.2) is 23.9 Å². The van der Waals surface area contributed by atoms with Crippen LogP contribution in [-0.2, 0) is 4.74 Å². The van der Waals surface area contributed by atoms with Crippen molar-refractivity contribution < 1.29 is 19.1 Å². The number of fused-ring (bicyclic) bond motifs is 1. The number of aromatic hydroxyl groups is 1. The Morgan fingerprint density at radius 1 is 1.20 bits per heavy atom. The zero-order chi connectivity index (χ0) is 17.8. The molecule has 1 N–H and O–H groups in total. The molecule has 0 aliphatic rings. The van der Waals surface area contributed by atoms with Gasteiger partial charge in [-0.3, -0.25) is 4.99 Å². The van der Waals surface area contributed by atoms with Crippen molar-refractivity contribution in [2.24, 2.45) is 4.99 Å². The summed E-state index contributed by atoms with van der Waals surface area (Å²) in [5, 5.41) is 10.7. The maximum absolute atomic E-state index is 12.0. The predicted octanol–water partition coefficient (Wildman–Crippen LogP) is 3.43. The summed E-state index contributed by atoms with van der Waals surface area (Å²) in [4.78, 5) is 27.8. The molecule has 6 nitrogen and oxygen atoms in total. The van der Waals surface area contributed by atoms with Crippen LogP contribution in [0.15, 0.2) is 62.7 Å². The van der Waals surface area contributed by atoms with E-state index in [1.54, 1.807) is 55.5 Å². The van der Waals surface area contributed by atoms with E-state index in [1.165, 1.54) is 6.21 Å². The molecule has 0 unspecified atom stereocenters. The van der Waals surface area contributed by atoms with Crippen LogP contribution in [0.3, 0.4) is 0 Å². The van der Waals surface area contributed by atoms with Crippen molar-refractivity contribution in [3.63, 3.8) is 0 Å². The van der Waals surface area contributed by atoms with Gasteiger partial charge in [-0.05, 0) is 43.3 Å². The molecule has 0 atom stereocenters. The number of benzene rings is 2. The monoisotopic (exact) mass is 337 g/mol. The van der Waals surface area contributed by atoms with Gasteiger partial charge in [0, 0.05) is 6.21 Å². The lowest BCUT2D eigenvalue weighted by atomic mass is 10.1. The highest BCUT2D eigenvalue weighted by molar-refractivity contribution is 5.94. The van der Waals surface area contributed by atoms with Gasteiger partial charge in [0.1, 0.15) is 16.9 Å². The van der Waals surface area contributed by atoms with Crippen LogP contribution >= 0.6 is 0 Å². The van der Waals surface area contributed by atoms with Gasteiger partial charge < -0.3 is 14.3 Å². The average Bonchev–Trinajstić information content (AvgIpc) is 2.62. The Labute approximate surface area is 143 Å². The van der Waals surface area contributed by atoms with Crippen molar-refractivity contribution in [2.45, 2.75) is 6.92 Å². The molecule has 1 heterocycles. The van der Waals surface area contributed by atoms with E-state index in [4.69, 9.17) is 9.15 Å². The molecule has 0 aliphatic heterocycles. The second-order valence-corrected chi connectivity index (χ2v) is 5.17. The highest BCUT2D eigenvalue weighted by atomic mass is 16.5. The third kappa shape index (κ3) is 3.42. The average molecular weight is 337 g/mol. The van der Waals surface area contributed by atoms with E-state index in [2.05, 4.69) is 4.99 Å². The minimum atomic E-state index is -0.678. The van der Waals surface area contributed by atoms with Crippen molar-refractivity contribution >= 4 is 28.8 Å². The first-order valence-electron chi connectivity index (χ1n) is 7.66. The van der Waals surface area contributed by atoms with Crippen LogP contribution in [0.1, 0.15) is 22.8 Å². The number of aliphatic imine (C=N–C) groups is 1. The zero-order valence-electron chi connectivity index (χ0n) is 13.4. The summed E-state index contributed by atoms with van der Waals surface area (Å²) in [7, 11) is 0. The number of carbonyl (C=O) groups excluding carboxylic acids is 1. The molecule has 0 radical (unpaired) electrons. The molecule has 3 aromatic rings. The first-order chi connectivity index (χ1) is 12.1. The summed E-state index contributed by atoms with van der Waals surface area (Å²) in [6, 6.07) is 13.1. The van der Waals surface area contributed by atoms with E-state index in [9.17, 15) is 14.7 Å². The Morgan fingerprint density at radius 2 is 1.92 bits per heavy atom. The molecule has 3 rings (SSSR count). The molecular formula is C19H15NO5. The van der Waals surface area contributed by atoms with Crippen molar-refractivity contribution in [2.75, 3.05) is 6.61 Å². The summed E-state index contributed by atoms with van der Waals surface area (Å²) in [6.07, 6.45) is 1.24. The molecule has 6 heteroatoms. The lowest BCUT2D eigenvalue weighted by Crippen LogP contribution is -2.06. The smallest absolute Gasteiger partial charge is 0.348 e. The molecule has 0 fully saturated rings. The molecule has 1 aromatic heterocycles. The predicted molar refractivity (Wildman–Crippen MR) is 93.8 cm³/mol. The maximum Gasteiger partial charge on any atom is 0.348 e. The number of nitrogens with zero attached hydrogens (tertiary/aromatic N) is 1. The first-order valence-corrected chi connectivity index (χ1v) is 7.66. The SMILES string of the molecule is CCOC(=O)c1ccc(N=Cc2c(O)c3ccccc3oc2=O)cc1. The van der Waals surface area contributed by atoms with E-state index >= 15 is 0 Å². The third-order valence-corrected chi connectivity index (χ3v) is 3.54. The standard InChI is InChI=1S/C19H15NO5/c1-2-24-18(22)12-7-9-13(10-8-12)20-11-15-17(21)14-5-3-4-6-16(14)25-19(15)23/h3-11,21H,2H2,1H3. The van der Waals surface area contributed by atoms with Crippen molar-refractivity contribution in [3.8, 4) is 5.75 Å². The number of carbonyl (C=O) groups is 1. The number of hydrogen-bond donors (Lipinski definition) is 1. The minimum Gasteiger partial charge on any atom is -0.506 e. The Balaban J connectivity index is 1.91. The normalized spacial score (nSPS) is 11.1. The van der Waals surface area contributed by atoms with Gasteiger partial charge in [0.15, 0.2) is 0 Å². The van der Waals surface area contributed by atoms with E-state index in [-0.39, 0.29) is 11.3 Å². The van der Waals surface area contributed by atoms with Crippen molar-refractivity contribution in [1.82, 2.24) is 0 Å². The minimum absolute atomic E-state index is 0.0341. The van der Waals surface area contributed by atoms with Gasteiger partial charge in [-0.15, -0.1) is 0 Å². The third-order valence-electron chi connectivity index (χ3n) is 3.54. The number of esters is 1. The van der Waals surface area contributed by atoms with Crippen molar-refractivity contribution in [3.05, 3.63) is 70.1 Å².